The van der Waals surface area contributed by atoms with Gasteiger partial charge >= 0.3 is 0 Å². The van der Waals surface area contributed by atoms with E-state index in [0.29, 0.717) is 0 Å². The van der Waals surface area contributed by atoms with Crippen LogP contribution in [-0.2, 0) is 0 Å². The van der Waals surface area contributed by atoms with Gasteiger partial charge in [-0.3, -0.25) is 0 Å². The second-order valence-corrected chi connectivity index (χ2v) is 2.20. The Kier molecular flexibility index (Phi) is 5.70. The van der Waals surface area contributed by atoms with E-state index in [1.54, 1.807) is 0 Å². The van der Waals surface area contributed by atoms with Gasteiger partial charge in [0.25, 0.3) is 0 Å². The van der Waals surface area contributed by atoms with E-state index >= 15 is 0 Å². The first-order chi connectivity index (χ1) is 5.33. The Balaban J connectivity index is 0.000000461. The Morgan fingerprint density at radius 3 is 2.36 bits per heavy atom. The molecular weight excluding hydrogens is 156 g/mol. The Labute approximate surface area is 73.3 Å². The number of thiol groups is 1. The summed E-state index contributed by atoms with van der Waals surface area (Å²) in [5, 5.41) is 0. The van der Waals surface area contributed by atoms with Gasteiger partial charge in [-0.15, -0.1) is 0 Å². The molecular formula is C8H14N2S. The first kappa shape index (κ1) is 10.3. The Morgan fingerprint density at radius 1 is 1.36 bits per heavy atom. The molecule has 3 N–H and O–H groups in total. The predicted octanol–water partition coefficient (Wildman–Crippen LogP) is 1.83. The second-order valence-electron chi connectivity index (χ2n) is 1.98. The number of hydrogen-bond donors (Lipinski definition) is 3. The summed E-state index contributed by atoms with van der Waals surface area (Å²) in [6, 6.07) is 8.05. The van der Waals surface area contributed by atoms with Crippen molar-refractivity contribution in [2.24, 2.45) is 5.73 Å². The number of nitrogens with one attached hydrogen (secondary N) is 1. The number of aryl methyl sites for hydroxylation is 1. The van der Waals surface area contributed by atoms with Crippen molar-refractivity contribution in [1.29, 1.82) is 0 Å². The van der Waals surface area contributed by atoms with Gasteiger partial charge in [-0.1, -0.05) is 24.9 Å². The average Bonchev–Trinajstić information content (AvgIpc) is 2.08. The van der Waals surface area contributed by atoms with Crippen molar-refractivity contribution < 1.29 is 0 Å². The minimum atomic E-state index is 1.04. The molecule has 0 heterocycles. The Morgan fingerprint density at radius 2 is 2.00 bits per heavy atom. The fourth-order valence-corrected chi connectivity index (χ4v) is 0.854. The van der Waals surface area contributed by atoms with Crippen LogP contribution in [0.25, 0.3) is 0 Å². The van der Waals surface area contributed by atoms with Crippen molar-refractivity contribution in [2.75, 3.05) is 11.8 Å². The fourth-order valence-electron chi connectivity index (χ4n) is 0.715. The molecule has 62 valence electrons. The van der Waals surface area contributed by atoms with Gasteiger partial charge in [-0.25, -0.2) is 0 Å². The van der Waals surface area contributed by atoms with E-state index in [-0.39, 0.29) is 0 Å². The van der Waals surface area contributed by atoms with Crippen molar-refractivity contribution in [3.63, 3.8) is 0 Å². The maximum absolute atomic E-state index is 4.50. The van der Waals surface area contributed by atoms with Gasteiger partial charge in [-0.05, 0) is 31.7 Å². The molecule has 0 unspecified atom stereocenters. The predicted molar refractivity (Wildman–Crippen MR) is 53.9 cm³/mol. The summed E-state index contributed by atoms with van der Waals surface area (Å²) < 4.78 is 2.76. The van der Waals surface area contributed by atoms with Gasteiger partial charge in [0.15, 0.2) is 0 Å². The van der Waals surface area contributed by atoms with Crippen molar-refractivity contribution >= 4 is 18.5 Å². The molecule has 0 aliphatic rings. The molecule has 0 saturated carbocycles. The van der Waals surface area contributed by atoms with Crippen molar-refractivity contribution in [3.05, 3.63) is 29.8 Å². The monoisotopic (exact) mass is 170 g/mol. The van der Waals surface area contributed by atoms with E-state index in [1.807, 2.05) is 18.2 Å². The molecule has 0 fully saturated rings. The highest BCUT2D eigenvalue weighted by Gasteiger charge is 1.85. The maximum Gasteiger partial charge on any atom is 0.0440 e. The van der Waals surface area contributed by atoms with E-state index in [2.05, 4.69) is 36.3 Å². The van der Waals surface area contributed by atoms with Gasteiger partial charge in [0, 0.05) is 5.69 Å². The largest absolute Gasteiger partial charge is 0.333 e. The van der Waals surface area contributed by atoms with Crippen LogP contribution in [0, 0.1) is 6.92 Å². The smallest absolute Gasteiger partial charge is 0.0440 e. The van der Waals surface area contributed by atoms with E-state index in [0.717, 1.165) is 5.69 Å². The summed E-state index contributed by atoms with van der Waals surface area (Å²) in [5.74, 6) is 0. The van der Waals surface area contributed by atoms with Gasteiger partial charge in [0.2, 0.25) is 0 Å². The Bertz CT molecular complexity index is 201. The molecule has 1 aromatic carbocycles. The van der Waals surface area contributed by atoms with Gasteiger partial charge < -0.3 is 10.5 Å². The van der Waals surface area contributed by atoms with Crippen molar-refractivity contribution in [1.82, 2.24) is 0 Å². The van der Waals surface area contributed by atoms with Crippen LogP contribution >= 0.6 is 12.8 Å². The molecule has 0 radical (unpaired) electrons. The summed E-state index contributed by atoms with van der Waals surface area (Å²) in [6.45, 7) is 2.05. The molecule has 0 amide bonds. The minimum Gasteiger partial charge on any atom is -0.333 e. The molecule has 0 spiro atoms. The molecule has 0 atom stereocenters. The summed E-state index contributed by atoms with van der Waals surface area (Å²) in [6.07, 6.45) is 0. The van der Waals surface area contributed by atoms with Crippen molar-refractivity contribution in [3.8, 4) is 0 Å². The van der Waals surface area contributed by atoms with Crippen LogP contribution in [0.5, 0.6) is 0 Å². The van der Waals surface area contributed by atoms with Crippen LogP contribution in [0.4, 0.5) is 5.69 Å². The molecule has 0 aromatic heterocycles. The number of rotatable bonds is 1. The molecule has 3 heteroatoms. The third-order valence-corrected chi connectivity index (χ3v) is 1.41. The van der Waals surface area contributed by atoms with E-state index in [1.165, 1.54) is 12.6 Å². The number of anilines is 1. The SMILES string of the molecule is CN.Cc1cccc(NS)c1. The van der Waals surface area contributed by atoms with Crippen LogP contribution in [0.1, 0.15) is 5.56 Å². The summed E-state index contributed by atoms with van der Waals surface area (Å²) in [4.78, 5) is 0. The fraction of sp³-hybridized carbons (Fsp3) is 0.250. The number of hydrogen-bond acceptors (Lipinski definition) is 3. The first-order valence-electron chi connectivity index (χ1n) is 3.37. The summed E-state index contributed by atoms with van der Waals surface area (Å²) in [7, 11) is 1.50. The average molecular weight is 170 g/mol. The lowest BCUT2D eigenvalue weighted by Gasteiger charge is -1.97. The lowest BCUT2D eigenvalue weighted by molar-refractivity contribution is 1.47. The zero-order chi connectivity index (χ0) is 8.69. The van der Waals surface area contributed by atoms with Gasteiger partial charge in [0.05, 0.1) is 0 Å². The standard InChI is InChI=1S/C7H9NS.CH5N/c1-6-3-2-4-7(5-6)8-9;1-2/h2-5,8-9H,1H3;2H2,1H3. The number of nitrogens with two attached hydrogens (primary N) is 1. The summed E-state index contributed by atoms with van der Waals surface area (Å²) in [5.41, 5.74) is 6.78. The normalized spacial score (nSPS) is 8.00. The minimum absolute atomic E-state index is 1.04. The molecule has 2 nitrogen and oxygen atoms in total. The van der Waals surface area contributed by atoms with E-state index in [4.69, 9.17) is 0 Å². The van der Waals surface area contributed by atoms with Crippen LogP contribution < -0.4 is 10.5 Å². The molecule has 0 bridgehead atoms. The zero-order valence-corrected chi connectivity index (χ0v) is 7.73. The molecule has 0 aliphatic heterocycles. The lowest BCUT2D eigenvalue weighted by Crippen LogP contribution is -1.79. The molecule has 11 heavy (non-hydrogen) atoms. The third kappa shape index (κ3) is 3.91. The summed E-state index contributed by atoms with van der Waals surface area (Å²) >= 11 is 3.91. The molecule has 0 aliphatic carbocycles. The molecule has 1 rings (SSSR count). The topological polar surface area (TPSA) is 38.0 Å². The highest BCUT2D eigenvalue weighted by atomic mass is 32.1. The first-order valence-corrected chi connectivity index (χ1v) is 3.82. The van der Waals surface area contributed by atoms with Crippen LogP contribution in [0.3, 0.4) is 0 Å². The Hall–Kier alpha value is -0.670. The van der Waals surface area contributed by atoms with Gasteiger partial charge in [0.1, 0.15) is 0 Å². The van der Waals surface area contributed by atoms with E-state index < -0.39 is 0 Å². The third-order valence-electron chi connectivity index (χ3n) is 1.15. The molecule has 1 aromatic rings. The zero-order valence-electron chi connectivity index (χ0n) is 6.83. The van der Waals surface area contributed by atoms with Gasteiger partial charge in [-0.2, -0.15) is 0 Å². The number of benzene rings is 1. The maximum atomic E-state index is 4.50. The quantitative estimate of drug-likeness (QED) is 0.562. The highest BCUT2D eigenvalue weighted by molar-refractivity contribution is 7.81. The van der Waals surface area contributed by atoms with E-state index in [9.17, 15) is 0 Å². The second kappa shape index (κ2) is 6.07. The van der Waals surface area contributed by atoms with Crippen LogP contribution in [-0.4, -0.2) is 7.05 Å². The van der Waals surface area contributed by atoms with Crippen LogP contribution in [0.15, 0.2) is 24.3 Å². The van der Waals surface area contributed by atoms with Crippen LogP contribution in [0.2, 0.25) is 0 Å². The van der Waals surface area contributed by atoms with Crippen molar-refractivity contribution in [2.45, 2.75) is 6.92 Å². The molecule has 0 saturated heterocycles. The lowest BCUT2D eigenvalue weighted by atomic mass is 10.2. The highest BCUT2D eigenvalue weighted by Crippen LogP contribution is 2.09.